The number of halogens is 1. The monoisotopic (exact) mass is 441 g/mol. The van der Waals surface area contributed by atoms with Gasteiger partial charge in [0.25, 0.3) is 0 Å². The minimum absolute atomic E-state index is 0.130. The van der Waals surface area contributed by atoms with Crippen molar-refractivity contribution in [3.8, 4) is 0 Å². The molecule has 1 fully saturated rings. The number of carbonyl (C=O) groups is 1. The normalized spacial score (nSPS) is 14.9. The lowest BCUT2D eigenvalue weighted by Crippen LogP contribution is -2.36. The van der Waals surface area contributed by atoms with Crippen LogP contribution >= 0.6 is 11.8 Å². The molecule has 0 aromatic heterocycles. The summed E-state index contributed by atoms with van der Waals surface area (Å²) in [6, 6.07) is 18.3. The largest absolute Gasteiger partial charge is 0.385 e. The number of rotatable bonds is 13. The van der Waals surface area contributed by atoms with Crippen molar-refractivity contribution in [2.24, 2.45) is 15.7 Å². The van der Waals surface area contributed by atoms with Gasteiger partial charge >= 0.3 is 0 Å². The van der Waals surface area contributed by atoms with E-state index in [1.54, 1.807) is 0 Å². The number of anilines is 1. The molecule has 31 heavy (non-hydrogen) atoms. The topological polar surface area (TPSA) is 76.7 Å². The minimum Gasteiger partial charge on any atom is -0.385 e. The van der Waals surface area contributed by atoms with E-state index in [4.69, 9.17) is 22.2 Å². The van der Waals surface area contributed by atoms with Gasteiger partial charge in [0.1, 0.15) is 11.3 Å². The van der Waals surface area contributed by atoms with Crippen LogP contribution in [0.5, 0.6) is 0 Å². The van der Waals surface area contributed by atoms with Gasteiger partial charge in [-0.25, -0.2) is 0 Å². The molecular formula is C25H32ClN3O2. The molecule has 3 rings (SSSR count). The number of benzene rings is 2. The molecule has 0 radical (unpaired) electrons. The van der Waals surface area contributed by atoms with Crippen LogP contribution in [0.4, 0.5) is 5.69 Å². The zero-order valence-electron chi connectivity index (χ0n) is 18.0. The third-order valence-corrected chi connectivity index (χ3v) is 6.03. The first-order chi connectivity index (χ1) is 15.1. The lowest BCUT2D eigenvalue weighted by Gasteiger charge is -2.14. The highest BCUT2D eigenvalue weighted by atomic mass is 35.5. The molecule has 2 aromatic carbocycles. The SMILES string of the molecule is N/C(=N\Cl)C1(C(=O)Nc2ccc(CCCCCCCOCc3ccccc3)cc2)CC1. The van der Waals surface area contributed by atoms with Gasteiger partial charge < -0.3 is 15.8 Å². The van der Waals surface area contributed by atoms with E-state index in [-0.39, 0.29) is 11.7 Å². The first kappa shape index (κ1) is 23.3. The number of nitrogens with one attached hydrogen (secondary N) is 1. The first-order valence-electron chi connectivity index (χ1n) is 11.1. The number of nitrogens with two attached hydrogens (primary N) is 1. The van der Waals surface area contributed by atoms with E-state index in [0.717, 1.165) is 25.1 Å². The molecule has 0 atom stereocenters. The third-order valence-electron chi connectivity index (χ3n) is 5.84. The van der Waals surface area contributed by atoms with Crippen molar-refractivity contribution in [1.29, 1.82) is 0 Å². The van der Waals surface area contributed by atoms with Crippen molar-refractivity contribution >= 4 is 29.2 Å². The van der Waals surface area contributed by atoms with Gasteiger partial charge in [-0.1, -0.05) is 61.7 Å². The Morgan fingerprint density at radius 2 is 1.65 bits per heavy atom. The van der Waals surface area contributed by atoms with Gasteiger partial charge in [0, 0.05) is 24.1 Å². The summed E-state index contributed by atoms with van der Waals surface area (Å²) >= 11 is 5.45. The molecule has 0 bridgehead atoms. The van der Waals surface area contributed by atoms with Crippen molar-refractivity contribution in [3.63, 3.8) is 0 Å². The van der Waals surface area contributed by atoms with Crippen molar-refractivity contribution in [2.45, 2.75) is 58.0 Å². The quantitative estimate of drug-likeness (QED) is 0.240. The van der Waals surface area contributed by atoms with Gasteiger partial charge in [0.15, 0.2) is 0 Å². The second-order valence-electron chi connectivity index (χ2n) is 8.26. The van der Waals surface area contributed by atoms with Crippen LogP contribution in [-0.4, -0.2) is 18.3 Å². The molecule has 0 saturated heterocycles. The average molecular weight is 442 g/mol. The number of ether oxygens (including phenoxy) is 1. The molecular weight excluding hydrogens is 410 g/mol. The second kappa shape index (κ2) is 11.9. The van der Waals surface area contributed by atoms with Crippen LogP contribution in [0.2, 0.25) is 0 Å². The summed E-state index contributed by atoms with van der Waals surface area (Å²) in [5.41, 5.74) is 8.35. The second-order valence-corrected chi connectivity index (χ2v) is 8.43. The zero-order valence-corrected chi connectivity index (χ0v) is 18.7. The van der Waals surface area contributed by atoms with Crippen molar-refractivity contribution in [3.05, 3.63) is 65.7 Å². The summed E-state index contributed by atoms with van der Waals surface area (Å²) in [6.45, 7) is 1.53. The molecule has 0 aliphatic heterocycles. The van der Waals surface area contributed by atoms with E-state index in [2.05, 4.69) is 34.1 Å². The highest BCUT2D eigenvalue weighted by Crippen LogP contribution is 2.47. The fraction of sp³-hybridized carbons (Fsp3) is 0.440. The first-order valence-corrected chi connectivity index (χ1v) is 11.4. The predicted octanol–water partition coefficient (Wildman–Crippen LogP) is 5.63. The molecule has 0 unspecified atom stereocenters. The van der Waals surface area contributed by atoms with Crippen molar-refractivity contribution < 1.29 is 9.53 Å². The van der Waals surface area contributed by atoms with E-state index >= 15 is 0 Å². The summed E-state index contributed by atoms with van der Waals surface area (Å²) in [5.74, 6) is 0.0703. The molecule has 0 heterocycles. The molecule has 3 N–H and O–H groups in total. The fourth-order valence-electron chi connectivity index (χ4n) is 3.64. The molecule has 1 aliphatic carbocycles. The van der Waals surface area contributed by atoms with Crippen LogP contribution in [0.15, 0.2) is 59.1 Å². The fourth-order valence-corrected chi connectivity index (χ4v) is 3.80. The molecule has 1 amide bonds. The maximum absolute atomic E-state index is 12.5. The van der Waals surface area contributed by atoms with Crippen LogP contribution in [0.3, 0.4) is 0 Å². The molecule has 166 valence electrons. The standard InChI is InChI=1S/C25H32ClN3O2/c26-29-23(27)25(16-17-25)24(30)28-22-14-12-20(13-15-22)9-5-2-1-3-8-18-31-19-21-10-6-4-7-11-21/h4,6-7,10-15H,1-3,5,8-9,16-19H2,(H2,27,29)(H,28,30). The third kappa shape index (κ3) is 7.08. The summed E-state index contributed by atoms with van der Waals surface area (Å²) in [4.78, 5) is 12.5. The lowest BCUT2D eigenvalue weighted by molar-refractivity contribution is -0.119. The Hall–Kier alpha value is -2.37. The maximum atomic E-state index is 12.5. The number of carbonyl (C=O) groups excluding carboxylic acids is 1. The van der Waals surface area contributed by atoms with Crippen LogP contribution in [0.1, 0.15) is 56.1 Å². The van der Waals surface area contributed by atoms with E-state index in [9.17, 15) is 4.79 Å². The summed E-state index contributed by atoms with van der Waals surface area (Å²) in [6.07, 6.45) is 8.37. The van der Waals surface area contributed by atoms with Gasteiger partial charge in [0.2, 0.25) is 5.91 Å². The number of amidine groups is 1. The smallest absolute Gasteiger partial charge is 0.238 e. The van der Waals surface area contributed by atoms with Gasteiger partial charge in [-0.3, -0.25) is 4.79 Å². The summed E-state index contributed by atoms with van der Waals surface area (Å²) < 4.78 is 9.21. The highest BCUT2D eigenvalue weighted by Gasteiger charge is 2.53. The number of hydrogen-bond acceptors (Lipinski definition) is 3. The highest BCUT2D eigenvalue weighted by molar-refractivity contribution is 6.24. The number of aryl methyl sites for hydroxylation is 1. The summed E-state index contributed by atoms with van der Waals surface area (Å²) in [7, 11) is 0. The molecule has 1 aliphatic rings. The Kier molecular flexibility index (Phi) is 8.92. The van der Waals surface area contributed by atoms with E-state index < -0.39 is 5.41 Å². The molecule has 2 aromatic rings. The molecule has 6 heteroatoms. The lowest BCUT2D eigenvalue weighted by atomic mass is 10.0. The Labute approximate surface area is 190 Å². The number of amides is 1. The predicted molar refractivity (Wildman–Crippen MR) is 127 cm³/mol. The minimum atomic E-state index is -0.715. The van der Waals surface area contributed by atoms with Gasteiger partial charge in [0.05, 0.1) is 6.61 Å². The Balaban J connectivity index is 1.25. The van der Waals surface area contributed by atoms with Crippen LogP contribution < -0.4 is 11.1 Å². The average Bonchev–Trinajstić information content (AvgIpc) is 3.61. The van der Waals surface area contributed by atoms with E-state index in [0.29, 0.717) is 19.4 Å². The van der Waals surface area contributed by atoms with E-state index in [1.165, 1.54) is 36.8 Å². The van der Waals surface area contributed by atoms with Crippen LogP contribution in [0, 0.1) is 5.41 Å². The van der Waals surface area contributed by atoms with Crippen LogP contribution in [-0.2, 0) is 22.6 Å². The Bertz CT molecular complexity index is 849. The number of unbranched alkanes of at least 4 members (excludes halogenated alkanes) is 4. The van der Waals surface area contributed by atoms with Gasteiger partial charge in [-0.15, -0.1) is 0 Å². The molecule has 5 nitrogen and oxygen atoms in total. The number of hydrogen-bond donors (Lipinski definition) is 2. The number of nitrogens with zero attached hydrogens (tertiary/aromatic N) is 1. The molecule has 0 spiro atoms. The van der Waals surface area contributed by atoms with E-state index in [1.807, 2.05) is 30.3 Å². The Morgan fingerprint density at radius 3 is 2.32 bits per heavy atom. The van der Waals surface area contributed by atoms with Crippen molar-refractivity contribution in [1.82, 2.24) is 0 Å². The van der Waals surface area contributed by atoms with Crippen molar-refractivity contribution in [2.75, 3.05) is 11.9 Å². The van der Waals surface area contributed by atoms with Gasteiger partial charge in [-0.2, -0.15) is 4.51 Å². The summed E-state index contributed by atoms with van der Waals surface area (Å²) in [5, 5.41) is 2.93. The zero-order chi connectivity index (χ0) is 21.9. The van der Waals surface area contributed by atoms with Crippen LogP contribution in [0.25, 0.3) is 0 Å². The molecule has 1 saturated carbocycles. The maximum Gasteiger partial charge on any atom is 0.238 e. The Morgan fingerprint density at radius 1 is 0.968 bits per heavy atom. The van der Waals surface area contributed by atoms with Gasteiger partial charge in [-0.05, 0) is 55.4 Å².